The summed E-state index contributed by atoms with van der Waals surface area (Å²) in [5.41, 5.74) is 4.73. The first-order valence-electron chi connectivity index (χ1n) is 2.20. The molecular formula is C4H7CaNO5. The quantitative estimate of drug-likeness (QED) is 0.443. The largest absolute Gasteiger partial charge is 2.00 e. The zero-order valence-corrected chi connectivity index (χ0v) is 7.91. The zero-order valence-electron chi connectivity index (χ0n) is 5.70. The molecule has 0 bridgehead atoms. The van der Waals surface area contributed by atoms with Gasteiger partial charge in [-0.05, 0) is 0 Å². The Labute approximate surface area is 92.7 Å². The van der Waals surface area contributed by atoms with Crippen molar-refractivity contribution in [2.45, 2.75) is 12.5 Å². The van der Waals surface area contributed by atoms with E-state index in [9.17, 15) is 19.8 Å². The average molecular weight is 189 g/mol. The molecular weight excluding hydrogens is 182 g/mol. The maximum Gasteiger partial charge on any atom is 2.00 e. The standard InChI is InChI=1S/C4H7NO4.Ca.H2O/c5-2(4(8)9)1-3(6)7;;/h2H,1,5H2,(H,6,7)(H,8,9);;1H2/q;+2;/p-2/t2-;;/m0../s1. The summed E-state index contributed by atoms with van der Waals surface area (Å²) >= 11 is 0. The molecule has 6 nitrogen and oxygen atoms in total. The maximum absolute atomic E-state index is 9.71. The SMILES string of the molecule is N[C@@H](CC(=O)[O-])C(=O)[O-].O.[Ca+2]. The van der Waals surface area contributed by atoms with Gasteiger partial charge in [0, 0.05) is 18.4 Å². The van der Waals surface area contributed by atoms with Gasteiger partial charge in [0.1, 0.15) is 0 Å². The van der Waals surface area contributed by atoms with Crippen LogP contribution in [-0.4, -0.2) is 61.2 Å². The molecule has 60 valence electrons. The minimum absolute atomic E-state index is 0. The molecule has 0 amide bonds. The Bertz CT molecular complexity index is 138. The van der Waals surface area contributed by atoms with Gasteiger partial charge in [0.05, 0.1) is 5.97 Å². The summed E-state index contributed by atoms with van der Waals surface area (Å²) in [6.07, 6.45) is -0.706. The van der Waals surface area contributed by atoms with Crippen LogP contribution in [0, 0.1) is 0 Å². The van der Waals surface area contributed by atoms with Crippen LogP contribution < -0.4 is 15.9 Å². The van der Waals surface area contributed by atoms with Gasteiger partial charge in [-0.15, -0.1) is 0 Å². The number of nitrogens with two attached hydrogens (primary N) is 1. The van der Waals surface area contributed by atoms with Crippen LogP contribution in [0.2, 0.25) is 0 Å². The van der Waals surface area contributed by atoms with Gasteiger partial charge < -0.3 is 31.0 Å². The van der Waals surface area contributed by atoms with Crippen molar-refractivity contribution in [1.82, 2.24) is 0 Å². The molecule has 0 aliphatic heterocycles. The van der Waals surface area contributed by atoms with E-state index >= 15 is 0 Å². The maximum atomic E-state index is 9.71. The second kappa shape index (κ2) is 8.22. The van der Waals surface area contributed by atoms with E-state index in [1.165, 1.54) is 0 Å². The summed E-state index contributed by atoms with van der Waals surface area (Å²) in [7, 11) is 0. The fourth-order valence-corrected chi connectivity index (χ4v) is 0.263. The molecule has 0 aromatic heterocycles. The van der Waals surface area contributed by atoms with Crippen molar-refractivity contribution < 1.29 is 25.3 Å². The van der Waals surface area contributed by atoms with E-state index in [0.29, 0.717) is 0 Å². The number of hydrogen-bond donors (Lipinski definition) is 1. The third kappa shape index (κ3) is 10.1. The molecule has 0 saturated heterocycles. The molecule has 0 fully saturated rings. The molecule has 0 rings (SSSR count). The van der Waals surface area contributed by atoms with E-state index in [2.05, 4.69) is 0 Å². The number of hydrogen-bond acceptors (Lipinski definition) is 5. The zero-order chi connectivity index (χ0) is 7.44. The van der Waals surface area contributed by atoms with Gasteiger partial charge in [-0.2, -0.15) is 0 Å². The van der Waals surface area contributed by atoms with Crippen molar-refractivity contribution in [3.8, 4) is 0 Å². The van der Waals surface area contributed by atoms with Gasteiger partial charge in [-0.3, -0.25) is 0 Å². The van der Waals surface area contributed by atoms with Gasteiger partial charge in [0.15, 0.2) is 0 Å². The molecule has 0 heterocycles. The molecule has 4 N–H and O–H groups in total. The molecule has 0 aliphatic rings. The van der Waals surface area contributed by atoms with Crippen LogP contribution >= 0.6 is 0 Å². The van der Waals surface area contributed by atoms with Crippen molar-refractivity contribution in [3.63, 3.8) is 0 Å². The number of aliphatic carboxylic acids is 2. The average Bonchev–Trinajstić information content (AvgIpc) is 1.63. The predicted octanol–water partition coefficient (Wildman–Crippen LogP) is -5.00. The fourth-order valence-electron chi connectivity index (χ4n) is 0.263. The van der Waals surface area contributed by atoms with Gasteiger partial charge in [-0.25, -0.2) is 0 Å². The van der Waals surface area contributed by atoms with Crippen LogP contribution in [0.5, 0.6) is 0 Å². The Morgan fingerprint density at radius 1 is 1.36 bits per heavy atom. The molecule has 0 unspecified atom stereocenters. The van der Waals surface area contributed by atoms with Crippen LogP contribution in [0.4, 0.5) is 0 Å². The molecule has 0 aliphatic carbocycles. The Morgan fingerprint density at radius 2 is 1.73 bits per heavy atom. The molecule has 0 aromatic rings. The Balaban J connectivity index is -0.000000320. The van der Waals surface area contributed by atoms with Gasteiger partial charge in [0.25, 0.3) is 0 Å². The fraction of sp³-hybridized carbons (Fsp3) is 0.500. The second-order valence-corrected chi connectivity index (χ2v) is 1.50. The van der Waals surface area contributed by atoms with Crippen molar-refractivity contribution in [2.75, 3.05) is 0 Å². The minimum Gasteiger partial charge on any atom is -0.550 e. The van der Waals surface area contributed by atoms with Crippen LogP contribution in [-0.2, 0) is 9.59 Å². The third-order valence-electron chi connectivity index (χ3n) is 0.689. The van der Waals surface area contributed by atoms with Crippen molar-refractivity contribution in [3.05, 3.63) is 0 Å². The molecule has 1 atom stereocenters. The molecule has 0 spiro atoms. The topological polar surface area (TPSA) is 138 Å². The normalized spacial score (nSPS) is 10.3. The first-order valence-corrected chi connectivity index (χ1v) is 2.20. The van der Waals surface area contributed by atoms with E-state index in [-0.39, 0.29) is 43.2 Å². The van der Waals surface area contributed by atoms with Crippen molar-refractivity contribution in [1.29, 1.82) is 0 Å². The molecule has 11 heavy (non-hydrogen) atoms. The van der Waals surface area contributed by atoms with Gasteiger partial charge in [0.2, 0.25) is 0 Å². The number of carboxylic acids is 2. The molecule has 0 saturated carbocycles. The molecule has 7 heteroatoms. The summed E-state index contributed by atoms with van der Waals surface area (Å²) in [5.74, 6) is -3.08. The smallest absolute Gasteiger partial charge is 0.550 e. The van der Waals surface area contributed by atoms with E-state index in [1.807, 2.05) is 0 Å². The summed E-state index contributed by atoms with van der Waals surface area (Å²) in [5, 5.41) is 19.3. The summed E-state index contributed by atoms with van der Waals surface area (Å²) in [4.78, 5) is 19.3. The van der Waals surface area contributed by atoms with Crippen LogP contribution in [0.1, 0.15) is 6.42 Å². The second-order valence-electron chi connectivity index (χ2n) is 1.50. The summed E-state index contributed by atoms with van der Waals surface area (Å²) < 4.78 is 0. The van der Waals surface area contributed by atoms with E-state index < -0.39 is 24.4 Å². The Hall–Kier alpha value is 0.120. The predicted molar refractivity (Wildman–Crippen MR) is 32.0 cm³/mol. The van der Waals surface area contributed by atoms with Gasteiger partial charge >= 0.3 is 37.7 Å². The summed E-state index contributed by atoms with van der Waals surface area (Å²) in [6, 6.07) is -1.46. The van der Waals surface area contributed by atoms with Crippen molar-refractivity contribution >= 4 is 49.7 Å². The van der Waals surface area contributed by atoms with Crippen molar-refractivity contribution in [2.24, 2.45) is 5.73 Å². The molecule has 0 radical (unpaired) electrons. The van der Waals surface area contributed by atoms with E-state index in [4.69, 9.17) is 5.73 Å². The van der Waals surface area contributed by atoms with Crippen LogP contribution in [0.15, 0.2) is 0 Å². The van der Waals surface area contributed by atoms with E-state index in [1.54, 1.807) is 0 Å². The number of carboxylic acid groups (broad SMARTS) is 2. The number of carbonyl (C=O) groups excluding carboxylic acids is 2. The first-order chi connectivity index (χ1) is 4.04. The number of rotatable bonds is 3. The van der Waals surface area contributed by atoms with Crippen LogP contribution in [0.25, 0.3) is 0 Å². The Morgan fingerprint density at radius 3 is 1.82 bits per heavy atom. The minimum atomic E-state index is -1.58. The number of carbonyl (C=O) groups is 2. The monoisotopic (exact) mass is 189 g/mol. The van der Waals surface area contributed by atoms with E-state index in [0.717, 1.165) is 0 Å². The first kappa shape index (κ1) is 17.3. The molecule has 0 aromatic carbocycles. The summed E-state index contributed by atoms with van der Waals surface area (Å²) in [6.45, 7) is 0. The Kier molecular flexibility index (Phi) is 12.9. The van der Waals surface area contributed by atoms with Gasteiger partial charge in [-0.1, -0.05) is 0 Å². The van der Waals surface area contributed by atoms with Crippen LogP contribution in [0.3, 0.4) is 0 Å². The third-order valence-corrected chi connectivity index (χ3v) is 0.689.